The first-order valence-electron chi connectivity index (χ1n) is 6.19. The van der Waals surface area contributed by atoms with Gasteiger partial charge in [0.2, 0.25) is 0 Å². The highest BCUT2D eigenvalue weighted by molar-refractivity contribution is 6.17. The Morgan fingerprint density at radius 1 is 1.47 bits per heavy atom. The zero-order valence-corrected chi connectivity index (χ0v) is 10.7. The maximum absolute atomic E-state index is 5.87. The molecule has 0 N–H and O–H groups in total. The lowest BCUT2D eigenvalue weighted by atomic mass is 9.92. The molecule has 2 heterocycles. The van der Waals surface area contributed by atoms with Gasteiger partial charge in [-0.15, -0.1) is 11.6 Å². The van der Waals surface area contributed by atoms with E-state index in [-0.39, 0.29) is 0 Å². The van der Waals surface area contributed by atoms with Crippen molar-refractivity contribution in [3.63, 3.8) is 0 Å². The maximum Gasteiger partial charge on any atom is 0.160 e. The van der Waals surface area contributed by atoms with E-state index in [1.54, 1.807) is 0 Å². The molecule has 3 rings (SSSR count). The Hall–Kier alpha value is -1.09. The zero-order chi connectivity index (χ0) is 11.8. The third-order valence-electron chi connectivity index (χ3n) is 3.61. The Kier molecular flexibility index (Phi) is 2.79. The van der Waals surface area contributed by atoms with Crippen LogP contribution in [0.15, 0.2) is 12.3 Å². The number of fused-ring (bicyclic) bond motifs is 1. The number of nitrogens with zero attached hydrogens (tertiary/aromatic N) is 3. The van der Waals surface area contributed by atoms with Crippen LogP contribution in [-0.4, -0.2) is 20.4 Å². The molecule has 4 heteroatoms. The summed E-state index contributed by atoms with van der Waals surface area (Å²) in [4.78, 5) is 9.23. The molecule has 0 atom stereocenters. The van der Waals surface area contributed by atoms with E-state index < -0.39 is 0 Å². The standard InChI is InChI=1S/C13H16ClN3/c1-9-6-8-15-13-12(9)16-11(5-7-14)17(13)10-3-2-4-10/h6,8,10H,2-5,7H2,1H3. The van der Waals surface area contributed by atoms with Crippen LogP contribution in [0.2, 0.25) is 0 Å². The number of hydrogen-bond donors (Lipinski definition) is 0. The van der Waals surface area contributed by atoms with Crippen molar-refractivity contribution in [3.8, 4) is 0 Å². The predicted molar refractivity (Wildman–Crippen MR) is 69.6 cm³/mol. The summed E-state index contributed by atoms with van der Waals surface area (Å²) in [5.74, 6) is 1.72. The first-order valence-corrected chi connectivity index (χ1v) is 6.73. The second-order valence-corrected chi connectivity index (χ2v) is 5.10. The number of aryl methyl sites for hydroxylation is 2. The molecule has 0 unspecified atom stereocenters. The minimum absolute atomic E-state index is 0.590. The molecule has 17 heavy (non-hydrogen) atoms. The van der Waals surface area contributed by atoms with Crippen LogP contribution in [0.4, 0.5) is 0 Å². The minimum atomic E-state index is 0.590. The molecule has 0 saturated heterocycles. The molecule has 0 aliphatic heterocycles. The normalized spacial score (nSPS) is 16.4. The Bertz CT molecular complexity index is 543. The summed E-state index contributed by atoms with van der Waals surface area (Å²) in [6, 6.07) is 2.61. The molecule has 1 aliphatic rings. The van der Waals surface area contributed by atoms with Crippen LogP contribution in [0.25, 0.3) is 11.2 Å². The predicted octanol–water partition coefficient (Wildman–Crippen LogP) is 3.25. The number of aromatic nitrogens is 3. The molecular weight excluding hydrogens is 234 g/mol. The number of hydrogen-bond acceptors (Lipinski definition) is 2. The quantitative estimate of drug-likeness (QED) is 0.782. The van der Waals surface area contributed by atoms with E-state index in [2.05, 4.69) is 16.5 Å². The first-order chi connectivity index (χ1) is 8.31. The van der Waals surface area contributed by atoms with E-state index >= 15 is 0 Å². The summed E-state index contributed by atoms with van der Waals surface area (Å²) in [5.41, 5.74) is 3.28. The van der Waals surface area contributed by atoms with Gasteiger partial charge in [0.05, 0.1) is 0 Å². The van der Waals surface area contributed by atoms with Gasteiger partial charge in [-0.2, -0.15) is 0 Å². The lowest BCUT2D eigenvalue weighted by molar-refractivity contribution is 0.312. The molecular formula is C13H16ClN3. The van der Waals surface area contributed by atoms with Crippen LogP contribution in [0.5, 0.6) is 0 Å². The summed E-state index contributed by atoms with van der Waals surface area (Å²) in [6.45, 7) is 2.09. The van der Waals surface area contributed by atoms with Crippen LogP contribution >= 0.6 is 11.6 Å². The molecule has 2 aromatic heterocycles. The number of pyridine rings is 1. The largest absolute Gasteiger partial charge is 0.310 e. The van der Waals surface area contributed by atoms with Gasteiger partial charge in [-0.1, -0.05) is 0 Å². The highest BCUT2D eigenvalue weighted by Gasteiger charge is 2.25. The number of alkyl halides is 1. The molecule has 0 radical (unpaired) electrons. The van der Waals surface area contributed by atoms with E-state index in [1.165, 1.54) is 24.8 Å². The topological polar surface area (TPSA) is 30.7 Å². The summed E-state index contributed by atoms with van der Waals surface area (Å²) >= 11 is 5.87. The van der Waals surface area contributed by atoms with Crippen molar-refractivity contribution in [3.05, 3.63) is 23.7 Å². The van der Waals surface area contributed by atoms with Crippen molar-refractivity contribution < 1.29 is 0 Å². The zero-order valence-electron chi connectivity index (χ0n) is 9.99. The van der Waals surface area contributed by atoms with E-state index in [9.17, 15) is 0 Å². The lowest BCUT2D eigenvalue weighted by Crippen LogP contribution is -2.19. The third-order valence-corrected chi connectivity index (χ3v) is 3.80. The van der Waals surface area contributed by atoms with Gasteiger partial charge in [-0.3, -0.25) is 0 Å². The second-order valence-electron chi connectivity index (χ2n) is 4.72. The van der Waals surface area contributed by atoms with Gasteiger partial charge < -0.3 is 4.57 Å². The van der Waals surface area contributed by atoms with Crippen LogP contribution in [0, 0.1) is 6.92 Å². The fourth-order valence-corrected chi connectivity index (χ4v) is 2.61. The highest BCUT2D eigenvalue weighted by Crippen LogP contribution is 2.35. The SMILES string of the molecule is Cc1ccnc2c1nc(CCCl)n2C1CCC1. The molecule has 3 nitrogen and oxygen atoms in total. The average molecular weight is 250 g/mol. The van der Waals surface area contributed by atoms with Crippen molar-refractivity contribution in [2.45, 2.75) is 38.6 Å². The number of rotatable bonds is 3. The Labute approximate surface area is 106 Å². The van der Waals surface area contributed by atoms with Gasteiger partial charge >= 0.3 is 0 Å². The van der Waals surface area contributed by atoms with Gasteiger partial charge in [-0.05, 0) is 37.8 Å². The summed E-state index contributed by atoms with van der Waals surface area (Å²) in [7, 11) is 0. The smallest absolute Gasteiger partial charge is 0.160 e. The van der Waals surface area contributed by atoms with Crippen molar-refractivity contribution in [1.29, 1.82) is 0 Å². The maximum atomic E-state index is 5.87. The molecule has 0 aromatic carbocycles. The van der Waals surface area contributed by atoms with E-state index in [0.717, 1.165) is 23.4 Å². The highest BCUT2D eigenvalue weighted by atomic mass is 35.5. The molecule has 0 amide bonds. The number of imidazole rings is 1. The molecule has 1 fully saturated rings. The van der Waals surface area contributed by atoms with Crippen molar-refractivity contribution in [2.75, 3.05) is 5.88 Å². The fraction of sp³-hybridized carbons (Fsp3) is 0.538. The molecule has 90 valence electrons. The van der Waals surface area contributed by atoms with Gasteiger partial charge in [0, 0.05) is 24.5 Å². The second kappa shape index (κ2) is 4.30. The molecule has 1 aliphatic carbocycles. The summed E-state index contributed by atoms with van der Waals surface area (Å²) < 4.78 is 2.31. The van der Waals surface area contributed by atoms with Gasteiger partial charge in [0.1, 0.15) is 11.3 Å². The minimum Gasteiger partial charge on any atom is -0.310 e. The summed E-state index contributed by atoms with van der Waals surface area (Å²) in [6.07, 6.45) is 6.51. The van der Waals surface area contributed by atoms with Crippen molar-refractivity contribution >= 4 is 22.8 Å². The molecule has 0 spiro atoms. The van der Waals surface area contributed by atoms with Gasteiger partial charge in [-0.25, -0.2) is 9.97 Å². The Morgan fingerprint density at radius 2 is 2.29 bits per heavy atom. The van der Waals surface area contributed by atoms with Crippen LogP contribution < -0.4 is 0 Å². The van der Waals surface area contributed by atoms with E-state index in [0.29, 0.717) is 11.9 Å². The van der Waals surface area contributed by atoms with Crippen LogP contribution in [0.1, 0.15) is 36.7 Å². The van der Waals surface area contributed by atoms with Crippen LogP contribution in [-0.2, 0) is 6.42 Å². The van der Waals surface area contributed by atoms with Gasteiger partial charge in [0.25, 0.3) is 0 Å². The third kappa shape index (κ3) is 1.73. The average Bonchev–Trinajstić information content (AvgIpc) is 2.58. The van der Waals surface area contributed by atoms with Crippen molar-refractivity contribution in [1.82, 2.24) is 14.5 Å². The Balaban J connectivity index is 2.19. The fourth-order valence-electron chi connectivity index (χ4n) is 2.45. The first kappa shape index (κ1) is 11.0. The number of halogens is 1. The molecule has 2 aromatic rings. The van der Waals surface area contributed by atoms with E-state index in [1.807, 2.05) is 12.3 Å². The van der Waals surface area contributed by atoms with Gasteiger partial charge in [0.15, 0.2) is 5.65 Å². The molecule has 1 saturated carbocycles. The molecule has 0 bridgehead atoms. The Morgan fingerprint density at radius 3 is 2.94 bits per heavy atom. The van der Waals surface area contributed by atoms with E-state index in [4.69, 9.17) is 16.6 Å². The monoisotopic (exact) mass is 249 g/mol. The van der Waals surface area contributed by atoms with Crippen molar-refractivity contribution in [2.24, 2.45) is 0 Å². The lowest BCUT2D eigenvalue weighted by Gasteiger charge is -2.28. The summed E-state index contributed by atoms with van der Waals surface area (Å²) in [5, 5.41) is 0. The van der Waals surface area contributed by atoms with Crippen LogP contribution in [0.3, 0.4) is 0 Å².